The monoisotopic (exact) mass is 508 g/mol. The number of rotatable bonds is 8. The normalized spacial score (nSPS) is 11.2. The van der Waals surface area contributed by atoms with Crippen LogP contribution >= 0.6 is 11.6 Å². The fraction of sp³-hybridized carbons (Fsp3) is 0.167. The van der Waals surface area contributed by atoms with Crippen LogP contribution in [0.1, 0.15) is 12.0 Å². The molecule has 0 bridgehead atoms. The summed E-state index contributed by atoms with van der Waals surface area (Å²) in [4.78, 5) is 28.5. The van der Waals surface area contributed by atoms with Crippen LogP contribution in [0.25, 0.3) is 0 Å². The van der Waals surface area contributed by atoms with Gasteiger partial charge in [0.25, 0.3) is 0 Å². The molecule has 0 atom stereocenters. The number of benzene rings is 2. The van der Waals surface area contributed by atoms with Gasteiger partial charge in [-0.2, -0.15) is 5.26 Å². The summed E-state index contributed by atoms with van der Waals surface area (Å²) in [6.07, 6.45) is 1.87. The van der Waals surface area contributed by atoms with Crippen molar-refractivity contribution in [2.24, 2.45) is 0 Å². The fourth-order valence-electron chi connectivity index (χ4n) is 3.14. The summed E-state index contributed by atoms with van der Waals surface area (Å²) in [5, 5.41) is 20.0. The highest BCUT2D eigenvalue weighted by molar-refractivity contribution is 6.31. The molecule has 0 saturated carbocycles. The van der Waals surface area contributed by atoms with Crippen molar-refractivity contribution in [3.8, 4) is 23.3 Å². The molecule has 0 fully saturated rings. The zero-order valence-electron chi connectivity index (χ0n) is 18.8. The first-order chi connectivity index (χ1) is 17.5. The molecule has 4 amide bonds. The zero-order valence-corrected chi connectivity index (χ0v) is 19.6. The third kappa shape index (κ3) is 6.68. The van der Waals surface area contributed by atoms with Crippen molar-refractivity contribution in [1.29, 1.82) is 5.26 Å². The molecule has 11 nitrogen and oxygen atoms in total. The number of nitrogens with zero attached hydrogens (tertiary/aromatic N) is 2. The van der Waals surface area contributed by atoms with Crippen LogP contribution in [0.3, 0.4) is 0 Å². The van der Waals surface area contributed by atoms with Crippen LogP contribution in [0.4, 0.5) is 26.8 Å². The first-order valence-electron chi connectivity index (χ1n) is 10.8. The first kappa shape index (κ1) is 24.4. The highest BCUT2D eigenvalue weighted by Gasteiger charge is 2.14. The van der Waals surface area contributed by atoms with Crippen LogP contribution in [0.2, 0.25) is 5.02 Å². The number of nitrogens with one attached hydrogen (secondary N) is 4. The highest BCUT2D eigenvalue weighted by Crippen LogP contribution is 2.34. The van der Waals surface area contributed by atoms with Crippen LogP contribution < -0.4 is 35.5 Å². The molecule has 184 valence electrons. The van der Waals surface area contributed by atoms with E-state index in [-0.39, 0.29) is 25.2 Å². The van der Waals surface area contributed by atoms with E-state index < -0.39 is 6.03 Å². The van der Waals surface area contributed by atoms with E-state index >= 15 is 0 Å². The van der Waals surface area contributed by atoms with Crippen molar-refractivity contribution in [2.75, 3.05) is 35.9 Å². The summed E-state index contributed by atoms with van der Waals surface area (Å²) in [5.74, 6) is 1.90. The fourth-order valence-corrected chi connectivity index (χ4v) is 3.31. The summed E-state index contributed by atoms with van der Waals surface area (Å²) >= 11 is 6.07. The number of nitriles is 1. The van der Waals surface area contributed by atoms with Crippen molar-refractivity contribution in [3.63, 3.8) is 0 Å². The Balaban J connectivity index is 1.22. The molecule has 0 aliphatic carbocycles. The van der Waals surface area contributed by atoms with Crippen LogP contribution in [-0.2, 0) is 0 Å². The lowest BCUT2D eigenvalue weighted by Crippen LogP contribution is -2.30. The SMILES string of the molecule is N#Cc1ccc(NC(=O)Nc2cc(Cl)ccc2OCCCNC(=O)Nc2ccc3c(c2)OCO3)nc1. The zero-order chi connectivity index (χ0) is 25.3. The van der Waals surface area contributed by atoms with Gasteiger partial charge in [0.1, 0.15) is 17.6 Å². The van der Waals surface area contributed by atoms with Crippen molar-refractivity contribution in [2.45, 2.75) is 6.42 Å². The van der Waals surface area contributed by atoms with Gasteiger partial charge in [0.05, 0.1) is 17.9 Å². The molecule has 12 heteroatoms. The minimum absolute atomic E-state index is 0.162. The van der Waals surface area contributed by atoms with Gasteiger partial charge in [0.15, 0.2) is 11.5 Å². The van der Waals surface area contributed by atoms with Crippen LogP contribution in [0, 0.1) is 11.3 Å². The molecule has 36 heavy (non-hydrogen) atoms. The average molecular weight is 509 g/mol. The second-order valence-corrected chi connectivity index (χ2v) is 7.85. The van der Waals surface area contributed by atoms with Crippen LogP contribution in [0.5, 0.6) is 17.2 Å². The number of fused-ring (bicyclic) bond motifs is 1. The summed E-state index contributed by atoms with van der Waals surface area (Å²) in [6, 6.07) is 14.1. The number of carbonyl (C=O) groups is 2. The molecule has 2 heterocycles. The maximum atomic E-state index is 12.4. The van der Waals surface area contributed by atoms with Gasteiger partial charge in [-0.1, -0.05) is 11.6 Å². The molecule has 3 aromatic rings. The average Bonchev–Trinajstić information content (AvgIpc) is 3.33. The van der Waals surface area contributed by atoms with Gasteiger partial charge in [-0.25, -0.2) is 14.6 Å². The van der Waals surface area contributed by atoms with E-state index in [9.17, 15) is 9.59 Å². The number of aromatic nitrogens is 1. The van der Waals surface area contributed by atoms with Gasteiger partial charge in [0, 0.05) is 29.5 Å². The minimum Gasteiger partial charge on any atom is -0.491 e. The molecular weight excluding hydrogens is 488 g/mol. The number of ether oxygens (including phenoxy) is 3. The maximum Gasteiger partial charge on any atom is 0.324 e. The van der Waals surface area contributed by atoms with Gasteiger partial charge in [-0.05, 0) is 48.9 Å². The number of hydrogen-bond acceptors (Lipinski definition) is 7. The molecule has 4 N–H and O–H groups in total. The molecule has 1 aliphatic rings. The number of halogens is 1. The molecule has 1 aliphatic heterocycles. The summed E-state index contributed by atoms with van der Waals surface area (Å²) in [5.41, 5.74) is 1.33. The van der Waals surface area contributed by atoms with Gasteiger partial charge >= 0.3 is 12.1 Å². The Labute approximate surface area is 211 Å². The Hall–Kier alpha value is -4.69. The quantitative estimate of drug-likeness (QED) is 0.326. The Morgan fingerprint density at radius 1 is 1.03 bits per heavy atom. The number of amides is 4. The van der Waals surface area contributed by atoms with Gasteiger partial charge < -0.3 is 30.2 Å². The smallest absolute Gasteiger partial charge is 0.324 e. The molecule has 0 unspecified atom stereocenters. The van der Waals surface area contributed by atoms with E-state index in [1.165, 1.54) is 12.3 Å². The van der Waals surface area contributed by atoms with E-state index in [1.54, 1.807) is 42.5 Å². The molecular formula is C24H21ClN6O5. The lowest BCUT2D eigenvalue weighted by Gasteiger charge is -2.14. The lowest BCUT2D eigenvalue weighted by atomic mass is 10.3. The summed E-state index contributed by atoms with van der Waals surface area (Å²) in [6.45, 7) is 0.797. The molecule has 1 aromatic heterocycles. The number of urea groups is 2. The Morgan fingerprint density at radius 3 is 2.69 bits per heavy atom. The topological polar surface area (TPSA) is 147 Å². The molecule has 2 aromatic carbocycles. The van der Waals surface area contributed by atoms with E-state index in [1.807, 2.05) is 6.07 Å². The largest absolute Gasteiger partial charge is 0.491 e. The predicted molar refractivity (Wildman–Crippen MR) is 133 cm³/mol. The second kappa shape index (κ2) is 11.6. The molecule has 0 spiro atoms. The van der Waals surface area contributed by atoms with Crippen molar-refractivity contribution >= 4 is 40.9 Å². The minimum atomic E-state index is -0.554. The van der Waals surface area contributed by atoms with Crippen molar-refractivity contribution < 1.29 is 23.8 Å². The van der Waals surface area contributed by atoms with Gasteiger partial charge in [-0.3, -0.25) is 5.32 Å². The Bertz CT molecular complexity index is 1300. The number of hydrogen-bond donors (Lipinski definition) is 4. The number of anilines is 3. The Kier molecular flexibility index (Phi) is 7.90. The summed E-state index contributed by atoms with van der Waals surface area (Å²) < 4.78 is 16.3. The van der Waals surface area contributed by atoms with E-state index in [4.69, 9.17) is 31.1 Å². The van der Waals surface area contributed by atoms with Crippen LogP contribution in [-0.4, -0.2) is 37.0 Å². The maximum absolute atomic E-state index is 12.4. The molecule has 0 saturated heterocycles. The second-order valence-electron chi connectivity index (χ2n) is 7.41. The van der Waals surface area contributed by atoms with Crippen LogP contribution in [0.15, 0.2) is 54.7 Å². The van der Waals surface area contributed by atoms with Crippen molar-refractivity contribution in [3.05, 3.63) is 65.3 Å². The van der Waals surface area contributed by atoms with E-state index in [0.29, 0.717) is 52.2 Å². The van der Waals surface area contributed by atoms with Gasteiger partial charge in [0.2, 0.25) is 6.79 Å². The third-order valence-corrected chi connectivity index (χ3v) is 5.05. The number of carbonyl (C=O) groups excluding carboxylic acids is 2. The molecule has 4 rings (SSSR count). The van der Waals surface area contributed by atoms with Crippen molar-refractivity contribution in [1.82, 2.24) is 10.3 Å². The first-order valence-corrected chi connectivity index (χ1v) is 11.2. The van der Waals surface area contributed by atoms with E-state index in [0.717, 1.165) is 0 Å². The Morgan fingerprint density at radius 2 is 1.89 bits per heavy atom. The lowest BCUT2D eigenvalue weighted by molar-refractivity contribution is 0.174. The third-order valence-electron chi connectivity index (χ3n) is 4.82. The number of pyridine rings is 1. The van der Waals surface area contributed by atoms with Gasteiger partial charge in [-0.15, -0.1) is 0 Å². The standard InChI is InChI=1S/C24H21ClN6O5/c25-16-3-5-19(18(10-16)30-24(33)31-22-7-2-15(12-26)13-28-22)34-9-1-8-27-23(32)29-17-4-6-20-21(11-17)36-14-35-20/h2-7,10-11,13H,1,8-9,14H2,(H2,27,29,32)(H2,28,30,31,33). The van der Waals surface area contributed by atoms with E-state index in [2.05, 4.69) is 26.3 Å². The summed E-state index contributed by atoms with van der Waals surface area (Å²) in [7, 11) is 0. The highest BCUT2D eigenvalue weighted by atomic mass is 35.5. The molecule has 0 radical (unpaired) electrons. The predicted octanol–water partition coefficient (Wildman–Crippen LogP) is 4.57.